The number of anilines is 1. The van der Waals surface area contributed by atoms with Gasteiger partial charge >= 0.3 is 0 Å². The number of aryl methyl sites for hydroxylation is 1. The summed E-state index contributed by atoms with van der Waals surface area (Å²) >= 11 is 7.21. The largest absolute Gasteiger partial charge is 0.483 e. The van der Waals surface area contributed by atoms with Crippen molar-refractivity contribution < 1.29 is 14.5 Å². The molecule has 0 saturated heterocycles. The van der Waals surface area contributed by atoms with Crippen LogP contribution in [0.5, 0.6) is 5.75 Å². The number of nitrogens with zero attached hydrogens (tertiary/aromatic N) is 4. The van der Waals surface area contributed by atoms with E-state index in [0.717, 1.165) is 12.2 Å². The van der Waals surface area contributed by atoms with Crippen LogP contribution in [0.1, 0.15) is 31.3 Å². The van der Waals surface area contributed by atoms with Crippen molar-refractivity contribution in [2.75, 3.05) is 11.1 Å². The quantitative estimate of drug-likeness (QED) is 0.268. The summed E-state index contributed by atoms with van der Waals surface area (Å²) in [6.07, 6.45) is 0.618. The second-order valence-corrected chi connectivity index (χ2v) is 8.27. The Labute approximate surface area is 194 Å². The Morgan fingerprint density at radius 2 is 2.00 bits per heavy atom. The number of nitro groups is 1. The van der Waals surface area contributed by atoms with Gasteiger partial charge in [-0.2, -0.15) is 0 Å². The molecular formula is C21H22ClN5O4S. The minimum atomic E-state index is -0.552. The summed E-state index contributed by atoms with van der Waals surface area (Å²) < 4.78 is 7.73. The smallest absolute Gasteiger partial charge is 0.271 e. The first-order valence-corrected chi connectivity index (χ1v) is 11.2. The van der Waals surface area contributed by atoms with E-state index in [9.17, 15) is 14.9 Å². The van der Waals surface area contributed by atoms with Crippen molar-refractivity contribution >= 4 is 40.6 Å². The van der Waals surface area contributed by atoms with E-state index in [-0.39, 0.29) is 34.2 Å². The van der Waals surface area contributed by atoms with Crippen LogP contribution in [0.2, 0.25) is 5.02 Å². The minimum Gasteiger partial charge on any atom is -0.483 e. The standard InChI is InChI=1S/C21H22ClN5O4S/c1-4-14-5-8-16(9-6-14)31-13(2)20-24-25-21(26(20)3)32-12-19(28)23-18-11-15(27(29)30)7-10-17(18)22/h5-11,13H,4,12H2,1-3H3,(H,23,28). The Morgan fingerprint density at radius 3 is 2.66 bits per heavy atom. The highest BCUT2D eigenvalue weighted by Gasteiger charge is 2.19. The van der Waals surface area contributed by atoms with Crippen LogP contribution >= 0.6 is 23.4 Å². The van der Waals surface area contributed by atoms with Crippen LogP contribution in [0.3, 0.4) is 0 Å². The molecule has 0 radical (unpaired) electrons. The SMILES string of the molecule is CCc1ccc(OC(C)c2nnc(SCC(=O)Nc3cc([N+](=O)[O-])ccc3Cl)n2C)cc1. The monoisotopic (exact) mass is 475 g/mol. The normalized spacial score (nSPS) is 11.8. The molecular weight excluding hydrogens is 454 g/mol. The summed E-state index contributed by atoms with van der Waals surface area (Å²) in [5, 5.41) is 22.6. The first-order valence-electron chi connectivity index (χ1n) is 9.80. The van der Waals surface area contributed by atoms with Crippen LogP contribution in [0.15, 0.2) is 47.6 Å². The molecule has 3 rings (SSSR count). The van der Waals surface area contributed by atoms with E-state index in [4.69, 9.17) is 16.3 Å². The lowest BCUT2D eigenvalue weighted by Gasteiger charge is -2.14. The van der Waals surface area contributed by atoms with Crippen LogP contribution < -0.4 is 10.1 Å². The summed E-state index contributed by atoms with van der Waals surface area (Å²) in [5.41, 5.74) is 1.25. The molecule has 0 fully saturated rings. The number of thioether (sulfide) groups is 1. The maximum atomic E-state index is 12.3. The lowest BCUT2D eigenvalue weighted by Crippen LogP contribution is -2.15. The Kier molecular flexibility index (Phi) is 7.70. The van der Waals surface area contributed by atoms with Crippen molar-refractivity contribution in [2.24, 2.45) is 7.05 Å². The topological polar surface area (TPSA) is 112 Å². The Bertz CT molecular complexity index is 1120. The highest BCUT2D eigenvalue weighted by Crippen LogP contribution is 2.28. The van der Waals surface area contributed by atoms with Gasteiger partial charge in [0.1, 0.15) is 5.75 Å². The van der Waals surface area contributed by atoms with E-state index in [1.165, 1.54) is 35.5 Å². The van der Waals surface area contributed by atoms with Gasteiger partial charge in [-0.3, -0.25) is 14.9 Å². The van der Waals surface area contributed by atoms with Crippen molar-refractivity contribution in [1.82, 2.24) is 14.8 Å². The van der Waals surface area contributed by atoms with E-state index >= 15 is 0 Å². The van der Waals surface area contributed by atoms with E-state index in [2.05, 4.69) is 22.4 Å². The number of hydrogen-bond acceptors (Lipinski definition) is 7. The Morgan fingerprint density at radius 1 is 1.28 bits per heavy atom. The summed E-state index contributed by atoms with van der Waals surface area (Å²) in [7, 11) is 1.80. The van der Waals surface area contributed by atoms with Crippen LogP contribution in [0.4, 0.5) is 11.4 Å². The summed E-state index contributed by atoms with van der Waals surface area (Å²) in [4.78, 5) is 22.7. The number of rotatable bonds is 9. The van der Waals surface area contributed by atoms with E-state index in [1.54, 1.807) is 11.6 Å². The van der Waals surface area contributed by atoms with Gasteiger partial charge in [-0.05, 0) is 37.1 Å². The first-order chi connectivity index (χ1) is 15.3. The zero-order valence-electron chi connectivity index (χ0n) is 17.7. The van der Waals surface area contributed by atoms with E-state index < -0.39 is 4.92 Å². The zero-order valence-corrected chi connectivity index (χ0v) is 19.3. The number of ether oxygens (including phenoxy) is 1. The molecule has 2 aromatic carbocycles. The van der Waals surface area contributed by atoms with Gasteiger partial charge in [0.15, 0.2) is 17.1 Å². The summed E-state index contributed by atoms with van der Waals surface area (Å²) in [6.45, 7) is 3.97. The van der Waals surface area contributed by atoms with Crippen LogP contribution in [0, 0.1) is 10.1 Å². The van der Waals surface area contributed by atoms with Gasteiger partial charge in [-0.15, -0.1) is 10.2 Å². The van der Waals surface area contributed by atoms with Crippen molar-refractivity contribution in [3.05, 3.63) is 69.0 Å². The first kappa shape index (κ1) is 23.6. The fraction of sp³-hybridized carbons (Fsp3) is 0.286. The van der Waals surface area contributed by atoms with Crippen LogP contribution in [-0.2, 0) is 18.3 Å². The third-order valence-electron chi connectivity index (χ3n) is 4.64. The van der Waals surface area contributed by atoms with Crippen molar-refractivity contribution in [1.29, 1.82) is 0 Å². The average Bonchev–Trinajstić information content (AvgIpc) is 3.14. The second-order valence-electron chi connectivity index (χ2n) is 6.92. The number of carbonyl (C=O) groups is 1. The third kappa shape index (κ3) is 5.77. The Hall–Kier alpha value is -3.11. The molecule has 0 aliphatic carbocycles. The number of amides is 1. The maximum absolute atomic E-state index is 12.3. The summed E-state index contributed by atoms with van der Waals surface area (Å²) in [6, 6.07) is 11.7. The molecule has 0 aliphatic rings. The van der Waals surface area contributed by atoms with Crippen molar-refractivity contribution in [3.63, 3.8) is 0 Å². The number of aromatic nitrogens is 3. The van der Waals surface area contributed by atoms with Gasteiger partial charge in [-0.1, -0.05) is 42.4 Å². The number of benzene rings is 2. The molecule has 9 nitrogen and oxygen atoms in total. The van der Waals surface area contributed by atoms with Gasteiger partial charge in [0.2, 0.25) is 5.91 Å². The fourth-order valence-electron chi connectivity index (χ4n) is 2.91. The molecule has 32 heavy (non-hydrogen) atoms. The Balaban J connectivity index is 1.60. The van der Waals surface area contributed by atoms with Gasteiger partial charge in [0.25, 0.3) is 5.69 Å². The maximum Gasteiger partial charge on any atom is 0.271 e. The van der Waals surface area contributed by atoms with Gasteiger partial charge in [0, 0.05) is 19.2 Å². The van der Waals surface area contributed by atoms with E-state index in [0.29, 0.717) is 11.0 Å². The highest BCUT2D eigenvalue weighted by molar-refractivity contribution is 7.99. The van der Waals surface area contributed by atoms with Crippen molar-refractivity contribution in [3.8, 4) is 5.75 Å². The fourth-order valence-corrected chi connectivity index (χ4v) is 3.79. The number of halogens is 1. The zero-order chi connectivity index (χ0) is 23.3. The number of nitrogens with one attached hydrogen (secondary N) is 1. The van der Waals surface area contributed by atoms with Crippen LogP contribution in [0.25, 0.3) is 0 Å². The predicted molar refractivity (Wildman–Crippen MR) is 123 cm³/mol. The lowest BCUT2D eigenvalue weighted by molar-refractivity contribution is -0.384. The molecule has 1 unspecified atom stereocenters. The van der Waals surface area contributed by atoms with Gasteiger partial charge in [0.05, 0.1) is 21.4 Å². The van der Waals surface area contributed by atoms with Gasteiger partial charge in [-0.25, -0.2) is 0 Å². The highest BCUT2D eigenvalue weighted by atomic mass is 35.5. The molecule has 1 amide bonds. The number of nitro benzene ring substituents is 1. The summed E-state index contributed by atoms with van der Waals surface area (Å²) in [5.74, 6) is 1.01. The lowest BCUT2D eigenvalue weighted by atomic mass is 10.2. The van der Waals surface area contributed by atoms with E-state index in [1.807, 2.05) is 31.2 Å². The molecule has 0 spiro atoms. The molecule has 1 aromatic heterocycles. The average molecular weight is 476 g/mol. The molecule has 1 atom stereocenters. The third-order valence-corrected chi connectivity index (χ3v) is 5.99. The number of hydrogen-bond donors (Lipinski definition) is 1. The molecule has 0 saturated carbocycles. The van der Waals surface area contributed by atoms with Gasteiger partial charge < -0.3 is 14.6 Å². The molecule has 11 heteroatoms. The van der Waals surface area contributed by atoms with Crippen LogP contribution in [-0.4, -0.2) is 31.3 Å². The minimum absolute atomic E-state index is 0.0265. The second kappa shape index (κ2) is 10.5. The predicted octanol–water partition coefficient (Wildman–Crippen LogP) is 4.81. The molecule has 3 aromatic rings. The molecule has 1 N–H and O–H groups in total. The molecule has 168 valence electrons. The molecule has 1 heterocycles. The van der Waals surface area contributed by atoms with Crippen molar-refractivity contribution in [2.45, 2.75) is 31.5 Å². The molecule has 0 bridgehead atoms. The molecule has 0 aliphatic heterocycles. The number of carbonyl (C=O) groups excluding carboxylic acids is 1. The number of non-ortho nitro benzene ring substituents is 1.